The number of piperidine rings is 1. The predicted molar refractivity (Wildman–Crippen MR) is 130 cm³/mol. The van der Waals surface area contributed by atoms with Crippen molar-refractivity contribution in [3.63, 3.8) is 0 Å². The molecule has 8 nitrogen and oxygen atoms in total. The number of hydrogen-bond donors (Lipinski definition) is 2. The molecule has 2 aliphatic rings. The fourth-order valence-electron chi connectivity index (χ4n) is 5.84. The lowest BCUT2D eigenvalue weighted by Crippen LogP contribution is -2.44. The Balaban J connectivity index is 1.55. The maximum atomic E-state index is 11.3. The summed E-state index contributed by atoms with van der Waals surface area (Å²) in [5, 5.41) is 16.7. The molecule has 0 bridgehead atoms. The van der Waals surface area contributed by atoms with Gasteiger partial charge in [-0.05, 0) is 62.5 Å². The van der Waals surface area contributed by atoms with Crippen molar-refractivity contribution >= 4 is 23.3 Å². The van der Waals surface area contributed by atoms with Gasteiger partial charge in [0, 0.05) is 48.0 Å². The van der Waals surface area contributed by atoms with Crippen LogP contribution in [0.3, 0.4) is 0 Å². The third-order valence-corrected chi connectivity index (χ3v) is 7.67. The van der Waals surface area contributed by atoms with Crippen molar-refractivity contribution in [3.05, 3.63) is 29.6 Å². The molecule has 1 amide bonds. The van der Waals surface area contributed by atoms with Gasteiger partial charge in [-0.15, -0.1) is 0 Å². The molecule has 0 unspecified atom stereocenters. The molecule has 4 rings (SSSR count). The van der Waals surface area contributed by atoms with Crippen LogP contribution in [0.2, 0.25) is 0 Å². The zero-order valence-corrected chi connectivity index (χ0v) is 20.0. The number of amides is 1. The van der Waals surface area contributed by atoms with Crippen LogP contribution >= 0.6 is 0 Å². The van der Waals surface area contributed by atoms with Gasteiger partial charge in [0.25, 0.3) is 0 Å². The van der Waals surface area contributed by atoms with Gasteiger partial charge in [-0.1, -0.05) is 19.0 Å². The Labute approximate surface area is 196 Å². The SMILES string of the molecule is CON=Cc1c(CNC(=O)O)n(C2CCN(C3CCC(C(C)C)CC3)CC2)c2ncccc12. The van der Waals surface area contributed by atoms with E-state index in [-0.39, 0.29) is 12.6 Å². The smallest absolute Gasteiger partial charge is 0.404 e. The van der Waals surface area contributed by atoms with Crippen LogP contribution in [-0.2, 0) is 11.4 Å². The highest BCUT2D eigenvalue weighted by atomic mass is 16.6. The van der Waals surface area contributed by atoms with E-state index in [1.54, 1.807) is 12.4 Å². The van der Waals surface area contributed by atoms with Crippen LogP contribution in [0, 0.1) is 11.8 Å². The lowest BCUT2D eigenvalue weighted by Gasteiger charge is -2.42. The number of rotatable bonds is 7. The molecule has 180 valence electrons. The van der Waals surface area contributed by atoms with Gasteiger partial charge in [0.1, 0.15) is 12.8 Å². The number of fused-ring (bicyclic) bond motifs is 1. The molecule has 2 N–H and O–H groups in total. The summed E-state index contributed by atoms with van der Waals surface area (Å²) in [5.74, 6) is 1.67. The molecule has 2 fully saturated rings. The Morgan fingerprint density at radius 3 is 2.61 bits per heavy atom. The number of oxime groups is 1. The van der Waals surface area contributed by atoms with Crippen molar-refractivity contribution in [1.82, 2.24) is 19.8 Å². The summed E-state index contributed by atoms with van der Waals surface area (Å²) >= 11 is 0. The van der Waals surface area contributed by atoms with E-state index in [1.807, 2.05) is 12.1 Å². The monoisotopic (exact) mass is 455 g/mol. The fourth-order valence-corrected chi connectivity index (χ4v) is 5.84. The quantitative estimate of drug-likeness (QED) is 0.469. The molecule has 0 spiro atoms. The predicted octanol–water partition coefficient (Wildman–Crippen LogP) is 4.64. The molecule has 1 aliphatic carbocycles. The molecule has 0 atom stereocenters. The van der Waals surface area contributed by atoms with Gasteiger partial charge >= 0.3 is 6.09 Å². The Bertz CT molecular complexity index is 970. The maximum absolute atomic E-state index is 11.3. The van der Waals surface area contributed by atoms with Crippen molar-refractivity contribution in [3.8, 4) is 0 Å². The normalized spacial score (nSPS) is 22.9. The van der Waals surface area contributed by atoms with Gasteiger partial charge in [-0.2, -0.15) is 0 Å². The first-order chi connectivity index (χ1) is 16.0. The molecule has 8 heteroatoms. The number of hydrogen-bond acceptors (Lipinski definition) is 5. The largest absolute Gasteiger partial charge is 0.465 e. The molecular weight excluding hydrogens is 418 g/mol. The highest BCUT2D eigenvalue weighted by molar-refractivity contribution is 5.99. The van der Waals surface area contributed by atoms with Gasteiger partial charge < -0.3 is 24.7 Å². The number of carbonyl (C=O) groups is 1. The third kappa shape index (κ3) is 5.16. The van der Waals surface area contributed by atoms with Crippen LogP contribution in [0.5, 0.6) is 0 Å². The van der Waals surface area contributed by atoms with Crippen molar-refractivity contribution in [2.75, 3.05) is 20.2 Å². The second-order valence-electron chi connectivity index (χ2n) is 9.76. The van der Waals surface area contributed by atoms with Gasteiger partial charge in [-0.25, -0.2) is 9.78 Å². The molecular formula is C25H37N5O3. The Morgan fingerprint density at radius 2 is 1.97 bits per heavy atom. The number of nitrogens with one attached hydrogen (secondary N) is 1. The van der Waals surface area contributed by atoms with Crippen LogP contribution in [-0.4, -0.2) is 58.1 Å². The number of pyridine rings is 1. The fraction of sp³-hybridized carbons (Fsp3) is 0.640. The van der Waals surface area contributed by atoms with Gasteiger partial charge in [-0.3, -0.25) is 0 Å². The van der Waals surface area contributed by atoms with Crippen LogP contribution < -0.4 is 5.32 Å². The van der Waals surface area contributed by atoms with E-state index < -0.39 is 6.09 Å². The minimum Gasteiger partial charge on any atom is -0.465 e. The molecule has 2 aromatic rings. The number of carboxylic acid groups (broad SMARTS) is 1. The third-order valence-electron chi connectivity index (χ3n) is 7.67. The summed E-state index contributed by atoms with van der Waals surface area (Å²) in [5.41, 5.74) is 2.64. The first-order valence-corrected chi connectivity index (χ1v) is 12.2. The molecule has 2 aromatic heterocycles. The summed E-state index contributed by atoms with van der Waals surface area (Å²) in [7, 11) is 1.51. The van der Waals surface area contributed by atoms with Crippen LogP contribution in [0.1, 0.15) is 69.7 Å². The van der Waals surface area contributed by atoms with E-state index in [0.717, 1.165) is 60.1 Å². The van der Waals surface area contributed by atoms with E-state index in [0.29, 0.717) is 6.04 Å². The Kier molecular flexibility index (Phi) is 7.53. The van der Waals surface area contributed by atoms with Crippen molar-refractivity contribution in [2.45, 2.75) is 71.0 Å². The first kappa shape index (κ1) is 23.5. The number of likely N-dealkylation sites (tertiary alicyclic amines) is 1. The zero-order valence-electron chi connectivity index (χ0n) is 20.0. The highest BCUT2D eigenvalue weighted by Gasteiger charge is 2.32. The molecule has 33 heavy (non-hydrogen) atoms. The minimum absolute atomic E-state index is 0.205. The molecule has 0 radical (unpaired) electrons. The van der Waals surface area contributed by atoms with Crippen LogP contribution in [0.25, 0.3) is 11.0 Å². The van der Waals surface area contributed by atoms with E-state index in [2.05, 4.69) is 38.8 Å². The topological polar surface area (TPSA) is 92.0 Å². The summed E-state index contributed by atoms with van der Waals surface area (Å²) in [6, 6.07) is 4.91. The van der Waals surface area contributed by atoms with Crippen LogP contribution in [0.4, 0.5) is 4.79 Å². The lowest BCUT2D eigenvalue weighted by atomic mass is 9.79. The van der Waals surface area contributed by atoms with Gasteiger partial charge in [0.15, 0.2) is 0 Å². The molecule has 1 saturated heterocycles. The number of aromatic nitrogens is 2. The van der Waals surface area contributed by atoms with E-state index in [9.17, 15) is 9.90 Å². The summed E-state index contributed by atoms with van der Waals surface area (Å²) in [4.78, 5) is 23.6. The molecule has 0 aromatic carbocycles. The average Bonchev–Trinajstić information content (AvgIpc) is 3.14. The van der Waals surface area contributed by atoms with Crippen molar-refractivity contribution < 1.29 is 14.7 Å². The lowest BCUT2D eigenvalue weighted by molar-refractivity contribution is 0.0888. The summed E-state index contributed by atoms with van der Waals surface area (Å²) in [6.07, 6.45) is 9.81. The summed E-state index contributed by atoms with van der Waals surface area (Å²) in [6.45, 7) is 7.06. The van der Waals surface area contributed by atoms with Crippen molar-refractivity contribution in [1.29, 1.82) is 0 Å². The molecule has 1 aliphatic heterocycles. The highest BCUT2D eigenvalue weighted by Crippen LogP contribution is 2.36. The number of nitrogens with zero attached hydrogens (tertiary/aromatic N) is 4. The molecule has 1 saturated carbocycles. The minimum atomic E-state index is -1.04. The van der Waals surface area contributed by atoms with Gasteiger partial charge in [0.2, 0.25) is 0 Å². The molecule has 3 heterocycles. The van der Waals surface area contributed by atoms with E-state index in [1.165, 1.54) is 32.8 Å². The van der Waals surface area contributed by atoms with Crippen LogP contribution in [0.15, 0.2) is 23.5 Å². The Hall–Kier alpha value is -2.61. The van der Waals surface area contributed by atoms with Crippen molar-refractivity contribution in [2.24, 2.45) is 17.0 Å². The van der Waals surface area contributed by atoms with E-state index >= 15 is 0 Å². The average molecular weight is 456 g/mol. The van der Waals surface area contributed by atoms with Gasteiger partial charge in [0.05, 0.1) is 12.8 Å². The first-order valence-electron chi connectivity index (χ1n) is 12.2. The maximum Gasteiger partial charge on any atom is 0.404 e. The van der Waals surface area contributed by atoms with E-state index in [4.69, 9.17) is 4.84 Å². The Morgan fingerprint density at radius 1 is 1.24 bits per heavy atom. The standard InChI is InChI=1S/C25H37N5O3/c1-17(2)18-6-8-19(9-7-18)29-13-10-20(11-14-29)30-23(16-27-25(31)32)22(15-28-33-3)21-5-4-12-26-24(21)30/h4-5,12,15,17-20,27H,6-11,13-14,16H2,1-3H3,(H,31,32). The zero-order chi connectivity index (χ0) is 23.4. The second kappa shape index (κ2) is 10.5. The second-order valence-corrected chi connectivity index (χ2v) is 9.76. The summed E-state index contributed by atoms with van der Waals surface area (Å²) < 4.78 is 2.25.